The molecular formula is C14H27NO6. The Bertz CT molecular complexity index is 297. The minimum Gasteiger partial charge on any atom is -0.433 e. The smallest absolute Gasteiger partial charge is 0.433 e. The fourth-order valence-corrected chi connectivity index (χ4v) is 1.10. The summed E-state index contributed by atoms with van der Waals surface area (Å²) in [7, 11) is 0. The molecule has 0 aromatic rings. The van der Waals surface area contributed by atoms with Gasteiger partial charge in [-0.15, -0.1) is 0 Å². The van der Waals surface area contributed by atoms with Crippen molar-refractivity contribution >= 4 is 12.3 Å². The Morgan fingerprint density at radius 1 is 0.762 bits per heavy atom. The Morgan fingerprint density at radius 2 is 1.10 bits per heavy atom. The lowest BCUT2D eigenvalue weighted by molar-refractivity contribution is -0.00791. The predicted molar refractivity (Wildman–Crippen MR) is 77.2 cm³/mol. The largest absolute Gasteiger partial charge is 0.508 e. The van der Waals surface area contributed by atoms with Crippen LogP contribution in [0.25, 0.3) is 0 Å². The van der Waals surface area contributed by atoms with Crippen LogP contribution in [0.3, 0.4) is 0 Å². The Kier molecular flexibility index (Phi) is 8.09. The molecule has 0 saturated carbocycles. The first-order chi connectivity index (χ1) is 9.49. The molecule has 1 N–H and O–H groups in total. The first-order valence-electron chi connectivity index (χ1n) is 6.92. The summed E-state index contributed by atoms with van der Waals surface area (Å²) >= 11 is 0. The molecule has 0 unspecified atom stereocenters. The van der Waals surface area contributed by atoms with Crippen LogP contribution in [-0.4, -0.2) is 49.8 Å². The van der Waals surface area contributed by atoms with E-state index in [0.29, 0.717) is 13.1 Å². The monoisotopic (exact) mass is 305 g/mol. The lowest BCUT2D eigenvalue weighted by Gasteiger charge is -2.19. The van der Waals surface area contributed by atoms with Crippen molar-refractivity contribution in [3.63, 3.8) is 0 Å². The molecule has 0 heterocycles. The van der Waals surface area contributed by atoms with Gasteiger partial charge in [0, 0.05) is 13.1 Å². The molecule has 0 aromatic heterocycles. The van der Waals surface area contributed by atoms with Gasteiger partial charge in [-0.25, -0.2) is 9.59 Å². The van der Waals surface area contributed by atoms with Crippen LogP contribution < -0.4 is 5.32 Å². The van der Waals surface area contributed by atoms with Crippen molar-refractivity contribution in [2.24, 2.45) is 0 Å². The first-order valence-corrected chi connectivity index (χ1v) is 6.92. The fourth-order valence-electron chi connectivity index (χ4n) is 1.10. The third-order valence-corrected chi connectivity index (χ3v) is 1.78. The molecule has 0 aromatic carbocycles. The molecule has 0 aliphatic carbocycles. The van der Waals surface area contributed by atoms with E-state index in [4.69, 9.17) is 18.9 Å². The third-order valence-electron chi connectivity index (χ3n) is 1.78. The van der Waals surface area contributed by atoms with Crippen LogP contribution in [0.5, 0.6) is 0 Å². The standard InChI is InChI=1S/C14H27NO6/c1-13(2,3)20-11(16)18-9-7-15-8-10-19-12(17)21-14(4,5)6/h15H,7-10H2,1-6H3. The van der Waals surface area contributed by atoms with Crippen molar-refractivity contribution in [1.29, 1.82) is 0 Å². The number of hydrogen-bond donors (Lipinski definition) is 1. The maximum atomic E-state index is 11.2. The molecule has 0 amide bonds. The number of carbonyl (C=O) groups is 2. The number of nitrogens with one attached hydrogen (secondary N) is 1. The van der Waals surface area contributed by atoms with Gasteiger partial charge in [-0.1, -0.05) is 0 Å². The summed E-state index contributed by atoms with van der Waals surface area (Å²) in [6.07, 6.45) is -1.40. The second kappa shape index (κ2) is 8.71. The molecule has 0 aliphatic rings. The Morgan fingerprint density at radius 3 is 1.38 bits per heavy atom. The second-order valence-corrected chi connectivity index (χ2v) is 6.38. The van der Waals surface area contributed by atoms with Crippen molar-refractivity contribution in [3.8, 4) is 0 Å². The fraction of sp³-hybridized carbons (Fsp3) is 0.857. The molecular weight excluding hydrogens is 278 g/mol. The minimum atomic E-state index is -0.700. The van der Waals surface area contributed by atoms with E-state index in [1.54, 1.807) is 41.5 Å². The normalized spacial score (nSPS) is 11.7. The quantitative estimate of drug-likeness (QED) is 0.596. The average molecular weight is 305 g/mol. The van der Waals surface area contributed by atoms with Gasteiger partial charge in [-0.3, -0.25) is 0 Å². The molecule has 0 rings (SSSR count). The summed E-state index contributed by atoms with van der Waals surface area (Å²) in [4.78, 5) is 22.4. The highest BCUT2D eigenvalue weighted by atomic mass is 16.7. The van der Waals surface area contributed by atoms with Crippen molar-refractivity contribution in [1.82, 2.24) is 5.32 Å². The number of hydrogen-bond acceptors (Lipinski definition) is 7. The Hall–Kier alpha value is -1.50. The molecule has 0 radical (unpaired) electrons. The van der Waals surface area contributed by atoms with E-state index in [2.05, 4.69) is 5.32 Å². The van der Waals surface area contributed by atoms with Gasteiger partial charge in [0.2, 0.25) is 0 Å². The summed E-state index contributed by atoms with van der Waals surface area (Å²) in [6.45, 7) is 11.8. The molecule has 0 saturated heterocycles. The maximum absolute atomic E-state index is 11.2. The van der Waals surface area contributed by atoms with Crippen LogP contribution in [0.2, 0.25) is 0 Å². The van der Waals surface area contributed by atoms with Gasteiger partial charge >= 0.3 is 12.3 Å². The summed E-state index contributed by atoms with van der Waals surface area (Å²) < 4.78 is 19.6. The summed E-state index contributed by atoms with van der Waals surface area (Å²) in [5, 5.41) is 2.96. The van der Waals surface area contributed by atoms with E-state index >= 15 is 0 Å². The SMILES string of the molecule is CC(C)(C)OC(=O)OCCNCCOC(=O)OC(C)(C)C. The third kappa shape index (κ3) is 14.7. The lowest BCUT2D eigenvalue weighted by atomic mass is 10.2. The van der Waals surface area contributed by atoms with Gasteiger partial charge in [0.05, 0.1) is 0 Å². The van der Waals surface area contributed by atoms with Gasteiger partial charge in [-0.05, 0) is 41.5 Å². The molecule has 0 spiro atoms. The Balaban J connectivity index is 3.49. The summed E-state index contributed by atoms with van der Waals surface area (Å²) in [5.74, 6) is 0. The second-order valence-electron chi connectivity index (χ2n) is 6.38. The van der Waals surface area contributed by atoms with E-state index in [-0.39, 0.29) is 13.2 Å². The Labute approximate surface area is 126 Å². The zero-order valence-corrected chi connectivity index (χ0v) is 13.8. The van der Waals surface area contributed by atoms with E-state index < -0.39 is 23.5 Å². The zero-order valence-electron chi connectivity index (χ0n) is 13.8. The molecule has 0 fully saturated rings. The van der Waals surface area contributed by atoms with Crippen LogP contribution >= 0.6 is 0 Å². The highest BCUT2D eigenvalue weighted by Crippen LogP contribution is 2.08. The van der Waals surface area contributed by atoms with Crippen LogP contribution in [0.1, 0.15) is 41.5 Å². The molecule has 0 atom stereocenters. The molecule has 21 heavy (non-hydrogen) atoms. The van der Waals surface area contributed by atoms with Crippen LogP contribution in [0.15, 0.2) is 0 Å². The van der Waals surface area contributed by atoms with Crippen molar-refractivity contribution in [2.75, 3.05) is 26.3 Å². The highest BCUT2D eigenvalue weighted by Gasteiger charge is 2.17. The molecule has 0 bridgehead atoms. The lowest BCUT2D eigenvalue weighted by Crippen LogP contribution is -2.30. The van der Waals surface area contributed by atoms with E-state index in [1.807, 2.05) is 0 Å². The van der Waals surface area contributed by atoms with Crippen molar-refractivity contribution in [2.45, 2.75) is 52.7 Å². The average Bonchev–Trinajstić information content (AvgIpc) is 2.22. The topological polar surface area (TPSA) is 83.1 Å². The molecule has 124 valence electrons. The van der Waals surface area contributed by atoms with Crippen LogP contribution in [0, 0.1) is 0 Å². The first kappa shape index (κ1) is 19.5. The number of rotatable bonds is 6. The van der Waals surface area contributed by atoms with Crippen LogP contribution in [-0.2, 0) is 18.9 Å². The van der Waals surface area contributed by atoms with E-state index in [0.717, 1.165) is 0 Å². The minimum absolute atomic E-state index is 0.182. The zero-order chi connectivity index (χ0) is 16.5. The van der Waals surface area contributed by atoms with Gasteiger partial charge in [-0.2, -0.15) is 0 Å². The molecule has 0 aliphatic heterocycles. The predicted octanol–water partition coefficient (Wildman–Crippen LogP) is 2.48. The van der Waals surface area contributed by atoms with Gasteiger partial charge in [0.25, 0.3) is 0 Å². The van der Waals surface area contributed by atoms with E-state index in [9.17, 15) is 9.59 Å². The summed E-state index contributed by atoms with van der Waals surface area (Å²) in [5.41, 5.74) is -1.13. The maximum Gasteiger partial charge on any atom is 0.508 e. The number of ether oxygens (including phenoxy) is 4. The van der Waals surface area contributed by atoms with Crippen LogP contribution in [0.4, 0.5) is 9.59 Å². The molecule has 7 nitrogen and oxygen atoms in total. The van der Waals surface area contributed by atoms with Gasteiger partial charge < -0.3 is 24.3 Å². The summed E-state index contributed by atoms with van der Waals surface area (Å²) in [6, 6.07) is 0. The van der Waals surface area contributed by atoms with E-state index in [1.165, 1.54) is 0 Å². The van der Waals surface area contributed by atoms with Gasteiger partial charge in [0.1, 0.15) is 24.4 Å². The van der Waals surface area contributed by atoms with Gasteiger partial charge in [0.15, 0.2) is 0 Å². The molecule has 7 heteroatoms. The number of carbonyl (C=O) groups excluding carboxylic acids is 2. The van der Waals surface area contributed by atoms with Crippen molar-refractivity contribution in [3.05, 3.63) is 0 Å². The highest BCUT2D eigenvalue weighted by molar-refractivity contribution is 5.60. The van der Waals surface area contributed by atoms with Crippen molar-refractivity contribution < 1.29 is 28.5 Å².